The molecule has 1 rings (SSSR count). The van der Waals surface area contributed by atoms with Crippen molar-refractivity contribution in [2.45, 2.75) is 19.3 Å². The number of hydrogen-bond acceptors (Lipinski definition) is 3. The molecule has 0 spiro atoms. The molecule has 0 saturated heterocycles. The minimum Gasteiger partial charge on any atom is -0.481 e. The Morgan fingerprint density at radius 2 is 2.25 bits per heavy atom. The fourth-order valence-corrected chi connectivity index (χ4v) is 2.15. The average molecular weight is 243 g/mol. The number of hydrogen-bond donors (Lipinski definition) is 2. The maximum Gasteiger partial charge on any atom is 0.313 e. The lowest BCUT2D eigenvalue weighted by molar-refractivity contribution is -0.134. The molecule has 1 unspecified atom stereocenters. The fourth-order valence-electron chi connectivity index (χ4n) is 1.58. The number of carbonyl (C=O) groups is 2. The number of thioether (sulfide) groups is 1. The molecule has 90 valence electrons. The molecule has 0 aromatic carbocycles. The molecule has 0 heterocycles. The SMILES string of the molecule is O=C(O)CSCCNC(=O)C1CC=CCC1. The molecular formula is C11H17NO3S. The van der Waals surface area contributed by atoms with E-state index in [1.807, 2.05) is 6.08 Å². The lowest BCUT2D eigenvalue weighted by Gasteiger charge is -2.16. The summed E-state index contributed by atoms with van der Waals surface area (Å²) < 4.78 is 0. The van der Waals surface area contributed by atoms with E-state index >= 15 is 0 Å². The molecule has 0 saturated carbocycles. The molecule has 0 bridgehead atoms. The van der Waals surface area contributed by atoms with Gasteiger partial charge in [-0.3, -0.25) is 9.59 Å². The topological polar surface area (TPSA) is 66.4 Å². The van der Waals surface area contributed by atoms with E-state index in [9.17, 15) is 9.59 Å². The molecule has 1 aliphatic rings. The van der Waals surface area contributed by atoms with Gasteiger partial charge in [0, 0.05) is 18.2 Å². The number of carbonyl (C=O) groups excluding carboxylic acids is 1. The number of amides is 1. The highest BCUT2D eigenvalue weighted by Crippen LogP contribution is 2.17. The molecule has 16 heavy (non-hydrogen) atoms. The second-order valence-electron chi connectivity index (χ2n) is 3.72. The number of allylic oxidation sites excluding steroid dienone is 2. The van der Waals surface area contributed by atoms with Crippen molar-refractivity contribution >= 4 is 23.6 Å². The average Bonchev–Trinajstić information content (AvgIpc) is 2.29. The number of carboxylic acids is 1. The van der Waals surface area contributed by atoms with E-state index in [0.29, 0.717) is 12.3 Å². The molecule has 1 amide bonds. The van der Waals surface area contributed by atoms with Crippen LogP contribution in [0, 0.1) is 5.92 Å². The van der Waals surface area contributed by atoms with E-state index in [4.69, 9.17) is 5.11 Å². The summed E-state index contributed by atoms with van der Waals surface area (Å²) in [6, 6.07) is 0. The summed E-state index contributed by atoms with van der Waals surface area (Å²) in [4.78, 5) is 21.9. The minimum atomic E-state index is -0.811. The van der Waals surface area contributed by atoms with Gasteiger partial charge in [0.25, 0.3) is 0 Å². The molecule has 0 aliphatic heterocycles. The van der Waals surface area contributed by atoms with E-state index in [0.717, 1.165) is 19.3 Å². The fraction of sp³-hybridized carbons (Fsp3) is 0.636. The van der Waals surface area contributed by atoms with E-state index < -0.39 is 5.97 Å². The van der Waals surface area contributed by atoms with Gasteiger partial charge in [0.1, 0.15) is 0 Å². The van der Waals surface area contributed by atoms with Crippen molar-refractivity contribution in [2.24, 2.45) is 5.92 Å². The molecule has 1 aliphatic carbocycles. The van der Waals surface area contributed by atoms with Gasteiger partial charge < -0.3 is 10.4 Å². The molecular weight excluding hydrogens is 226 g/mol. The summed E-state index contributed by atoms with van der Waals surface area (Å²) in [6.07, 6.45) is 6.88. The van der Waals surface area contributed by atoms with Crippen molar-refractivity contribution in [3.05, 3.63) is 12.2 Å². The summed E-state index contributed by atoms with van der Waals surface area (Å²) in [6.45, 7) is 0.553. The van der Waals surface area contributed by atoms with E-state index in [2.05, 4.69) is 11.4 Å². The molecule has 5 heteroatoms. The summed E-state index contributed by atoms with van der Waals surface area (Å²) >= 11 is 1.32. The summed E-state index contributed by atoms with van der Waals surface area (Å²) in [5, 5.41) is 11.2. The van der Waals surface area contributed by atoms with E-state index in [1.54, 1.807) is 0 Å². The van der Waals surface area contributed by atoms with Gasteiger partial charge in [0.05, 0.1) is 5.75 Å². The third-order valence-corrected chi connectivity index (χ3v) is 3.35. The smallest absolute Gasteiger partial charge is 0.313 e. The van der Waals surface area contributed by atoms with Crippen LogP contribution in [0.15, 0.2) is 12.2 Å². The first-order chi connectivity index (χ1) is 7.70. The number of rotatable bonds is 6. The lowest BCUT2D eigenvalue weighted by Crippen LogP contribution is -2.32. The zero-order valence-corrected chi connectivity index (χ0v) is 9.96. The highest BCUT2D eigenvalue weighted by atomic mass is 32.2. The van der Waals surface area contributed by atoms with Crippen LogP contribution in [0.2, 0.25) is 0 Å². The van der Waals surface area contributed by atoms with Gasteiger partial charge in [-0.2, -0.15) is 0 Å². The third kappa shape index (κ3) is 5.21. The van der Waals surface area contributed by atoms with E-state index in [1.165, 1.54) is 11.8 Å². The number of nitrogens with one attached hydrogen (secondary N) is 1. The first kappa shape index (κ1) is 13.1. The first-order valence-corrected chi connectivity index (χ1v) is 6.58. The Bertz CT molecular complexity index is 278. The largest absolute Gasteiger partial charge is 0.481 e. The van der Waals surface area contributed by atoms with Crippen molar-refractivity contribution in [2.75, 3.05) is 18.1 Å². The predicted octanol–water partition coefficient (Wildman–Crippen LogP) is 1.28. The summed E-state index contributed by atoms with van der Waals surface area (Å²) in [7, 11) is 0. The number of aliphatic carboxylic acids is 1. The molecule has 1 atom stereocenters. The highest BCUT2D eigenvalue weighted by molar-refractivity contribution is 7.99. The van der Waals surface area contributed by atoms with Gasteiger partial charge in [-0.25, -0.2) is 0 Å². The van der Waals surface area contributed by atoms with E-state index in [-0.39, 0.29) is 17.6 Å². The zero-order chi connectivity index (χ0) is 11.8. The van der Waals surface area contributed by atoms with Crippen LogP contribution in [0.25, 0.3) is 0 Å². The Balaban J connectivity index is 2.06. The Kier molecular flexibility index (Phi) is 6.00. The highest BCUT2D eigenvalue weighted by Gasteiger charge is 2.17. The monoisotopic (exact) mass is 243 g/mol. The minimum absolute atomic E-state index is 0.0975. The van der Waals surface area contributed by atoms with Crippen LogP contribution in [-0.4, -0.2) is 35.0 Å². The lowest BCUT2D eigenvalue weighted by atomic mass is 9.94. The van der Waals surface area contributed by atoms with Crippen LogP contribution >= 0.6 is 11.8 Å². The summed E-state index contributed by atoms with van der Waals surface area (Å²) in [5.41, 5.74) is 0. The molecule has 0 fully saturated rings. The van der Waals surface area contributed by atoms with Gasteiger partial charge in [-0.1, -0.05) is 12.2 Å². The van der Waals surface area contributed by atoms with Gasteiger partial charge in [-0.05, 0) is 19.3 Å². The van der Waals surface area contributed by atoms with Crippen LogP contribution in [-0.2, 0) is 9.59 Å². The van der Waals surface area contributed by atoms with Crippen LogP contribution in [0.3, 0.4) is 0 Å². The van der Waals surface area contributed by atoms with Crippen molar-refractivity contribution in [1.29, 1.82) is 0 Å². The Morgan fingerprint density at radius 3 is 2.88 bits per heavy atom. The second-order valence-corrected chi connectivity index (χ2v) is 4.82. The standard InChI is InChI=1S/C11H17NO3S/c13-10(14)8-16-7-6-12-11(15)9-4-2-1-3-5-9/h1-2,9H,3-8H2,(H,12,15)(H,13,14). The van der Waals surface area contributed by atoms with Crippen molar-refractivity contribution in [3.8, 4) is 0 Å². The van der Waals surface area contributed by atoms with Crippen LogP contribution in [0.5, 0.6) is 0 Å². The first-order valence-electron chi connectivity index (χ1n) is 5.42. The van der Waals surface area contributed by atoms with Crippen molar-refractivity contribution in [1.82, 2.24) is 5.32 Å². The Morgan fingerprint density at radius 1 is 1.44 bits per heavy atom. The zero-order valence-electron chi connectivity index (χ0n) is 9.15. The van der Waals surface area contributed by atoms with Crippen LogP contribution in [0.4, 0.5) is 0 Å². The van der Waals surface area contributed by atoms with Crippen molar-refractivity contribution in [3.63, 3.8) is 0 Å². The Labute approximate surface area is 99.5 Å². The molecule has 4 nitrogen and oxygen atoms in total. The maximum atomic E-state index is 11.6. The quantitative estimate of drug-likeness (QED) is 0.545. The molecule has 0 aromatic rings. The normalized spacial score (nSPS) is 19.4. The molecule has 0 aromatic heterocycles. The van der Waals surface area contributed by atoms with Gasteiger partial charge in [0.2, 0.25) is 5.91 Å². The van der Waals surface area contributed by atoms with Gasteiger partial charge in [0.15, 0.2) is 0 Å². The second kappa shape index (κ2) is 7.33. The Hall–Kier alpha value is -0.970. The number of carboxylic acid groups (broad SMARTS) is 1. The van der Waals surface area contributed by atoms with Crippen LogP contribution < -0.4 is 5.32 Å². The molecule has 2 N–H and O–H groups in total. The van der Waals surface area contributed by atoms with Crippen molar-refractivity contribution < 1.29 is 14.7 Å². The predicted molar refractivity (Wildman–Crippen MR) is 64.5 cm³/mol. The summed E-state index contributed by atoms with van der Waals surface area (Å²) in [5.74, 6) is 0.145. The van der Waals surface area contributed by atoms with Gasteiger partial charge >= 0.3 is 5.97 Å². The third-order valence-electron chi connectivity index (χ3n) is 2.41. The van der Waals surface area contributed by atoms with Crippen LogP contribution in [0.1, 0.15) is 19.3 Å². The maximum absolute atomic E-state index is 11.6. The van der Waals surface area contributed by atoms with Gasteiger partial charge in [-0.15, -0.1) is 11.8 Å². The molecule has 0 radical (unpaired) electrons.